The van der Waals surface area contributed by atoms with Crippen molar-refractivity contribution in [3.63, 3.8) is 0 Å². The molecule has 0 spiro atoms. The van der Waals surface area contributed by atoms with Gasteiger partial charge in [-0.15, -0.1) is 0 Å². The van der Waals surface area contributed by atoms with Crippen molar-refractivity contribution in [1.82, 2.24) is 9.78 Å². The first-order chi connectivity index (χ1) is 8.42. The van der Waals surface area contributed by atoms with E-state index in [1.807, 2.05) is 37.7 Å². The van der Waals surface area contributed by atoms with Crippen molar-refractivity contribution in [2.75, 3.05) is 6.61 Å². The predicted molar refractivity (Wildman–Crippen MR) is 72.6 cm³/mol. The third-order valence-electron chi connectivity index (χ3n) is 3.48. The minimum absolute atomic E-state index is 0.348. The van der Waals surface area contributed by atoms with Gasteiger partial charge in [-0.3, -0.25) is 4.68 Å². The standard InChI is InChI=1S/C14H26N2O2/c1-6-14(5,18-7-2)13(17)10-12-8-9-16(15-12)11(3)4/h8-9,11,13,17H,6-7,10H2,1-5H3. The maximum absolute atomic E-state index is 10.3. The monoisotopic (exact) mass is 254 g/mol. The molecule has 1 aromatic heterocycles. The lowest BCUT2D eigenvalue weighted by Crippen LogP contribution is -2.43. The molecular formula is C14H26N2O2. The van der Waals surface area contributed by atoms with Gasteiger partial charge in [-0.1, -0.05) is 6.92 Å². The molecule has 0 radical (unpaired) electrons. The summed E-state index contributed by atoms with van der Waals surface area (Å²) in [5.41, 5.74) is 0.423. The highest BCUT2D eigenvalue weighted by Gasteiger charge is 2.32. The van der Waals surface area contributed by atoms with Crippen molar-refractivity contribution in [2.45, 2.75) is 65.2 Å². The molecular weight excluding hydrogens is 228 g/mol. The molecule has 0 saturated carbocycles. The van der Waals surface area contributed by atoms with Crippen LogP contribution in [0.15, 0.2) is 12.3 Å². The molecule has 18 heavy (non-hydrogen) atoms. The SMILES string of the molecule is CCOC(C)(CC)C(O)Cc1ccn(C(C)C)n1. The van der Waals surface area contributed by atoms with Crippen LogP contribution in [-0.2, 0) is 11.2 Å². The molecule has 2 atom stereocenters. The van der Waals surface area contributed by atoms with Crippen LogP contribution in [0, 0.1) is 0 Å². The maximum atomic E-state index is 10.3. The Labute approximate surface area is 110 Å². The second-order valence-electron chi connectivity index (χ2n) is 5.20. The minimum atomic E-state index is -0.530. The van der Waals surface area contributed by atoms with Crippen LogP contribution in [0.2, 0.25) is 0 Å². The number of rotatable bonds is 7. The van der Waals surface area contributed by atoms with Gasteiger partial charge in [0.15, 0.2) is 0 Å². The van der Waals surface area contributed by atoms with Gasteiger partial charge in [0.2, 0.25) is 0 Å². The number of aliphatic hydroxyl groups excluding tert-OH is 1. The van der Waals surface area contributed by atoms with Gasteiger partial charge in [-0.25, -0.2) is 0 Å². The van der Waals surface area contributed by atoms with E-state index in [4.69, 9.17) is 4.74 Å². The van der Waals surface area contributed by atoms with E-state index < -0.39 is 11.7 Å². The summed E-state index contributed by atoms with van der Waals surface area (Å²) in [6, 6.07) is 2.31. The second-order valence-corrected chi connectivity index (χ2v) is 5.20. The van der Waals surface area contributed by atoms with E-state index in [2.05, 4.69) is 18.9 Å². The molecule has 1 aromatic rings. The zero-order valence-corrected chi connectivity index (χ0v) is 12.2. The normalized spacial score (nSPS) is 16.8. The molecule has 0 saturated heterocycles. The summed E-state index contributed by atoms with van der Waals surface area (Å²) in [5, 5.41) is 14.8. The Hall–Kier alpha value is -0.870. The molecule has 104 valence electrons. The molecule has 0 fully saturated rings. The van der Waals surface area contributed by atoms with Crippen molar-refractivity contribution >= 4 is 0 Å². The molecule has 0 bridgehead atoms. The Balaban J connectivity index is 2.70. The molecule has 1 heterocycles. The van der Waals surface area contributed by atoms with Crippen molar-refractivity contribution < 1.29 is 9.84 Å². The van der Waals surface area contributed by atoms with Crippen LogP contribution in [-0.4, -0.2) is 33.2 Å². The second kappa shape index (κ2) is 6.34. The molecule has 1 rings (SSSR count). The Morgan fingerprint density at radius 1 is 1.44 bits per heavy atom. The Morgan fingerprint density at radius 3 is 2.56 bits per heavy atom. The summed E-state index contributed by atoms with van der Waals surface area (Å²) in [6.45, 7) is 10.7. The quantitative estimate of drug-likeness (QED) is 0.813. The molecule has 0 amide bonds. The van der Waals surface area contributed by atoms with Crippen LogP contribution in [0.5, 0.6) is 0 Å². The Bertz CT molecular complexity index is 362. The van der Waals surface area contributed by atoms with Crippen LogP contribution in [0.1, 0.15) is 52.8 Å². The highest BCUT2D eigenvalue weighted by atomic mass is 16.5. The number of hydrogen-bond acceptors (Lipinski definition) is 3. The Kier molecular flexibility index (Phi) is 5.35. The zero-order chi connectivity index (χ0) is 13.8. The summed E-state index contributed by atoms with van der Waals surface area (Å²) in [6.07, 6.45) is 2.74. The summed E-state index contributed by atoms with van der Waals surface area (Å²) < 4.78 is 7.59. The lowest BCUT2D eigenvalue weighted by atomic mass is 9.92. The van der Waals surface area contributed by atoms with Crippen molar-refractivity contribution in [3.05, 3.63) is 18.0 Å². The van der Waals surface area contributed by atoms with Crippen LogP contribution in [0.4, 0.5) is 0 Å². The zero-order valence-electron chi connectivity index (χ0n) is 12.2. The van der Waals surface area contributed by atoms with Gasteiger partial charge < -0.3 is 9.84 Å². The van der Waals surface area contributed by atoms with E-state index in [1.165, 1.54) is 0 Å². The fourth-order valence-electron chi connectivity index (χ4n) is 1.95. The predicted octanol–water partition coefficient (Wildman–Crippen LogP) is 2.57. The number of hydrogen-bond donors (Lipinski definition) is 1. The van der Waals surface area contributed by atoms with Crippen molar-refractivity contribution in [2.24, 2.45) is 0 Å². The molecule has 0 aromatic carbocycles. The summed E-state index contributed by atoms with van der Waals surface area (Å²) >= 11 is 0. The maximum Gasteiger partial charge on any atom is 0.0913 e. The first kappa shape index (κ1) is 15.2. The van der Waals surface area contributed by atoms with E-state index >= 15 is 0 Å². The van der Waals surface area contributed by atoms with E-state index in [0.717, 1.165) is 12.1 Å². The molecule has 4 heteroatoms. The average Bonchev–Trinajstić information content (AvgIpc) is 2.77. The highest BCUT2D eigenvalue weighted by molar-refractivity contribution is 5.03. The van der Waals surface area contributed by atoms with Gasteiger partial charge in [0, 0.05) is 25.3 Å². The van der Waals surface area contributed by atoms with Crippen LogP contribution >= 0.6 is 0 Å². The van der Waals surface area contributed by atoms with E-state index in [9.17, 15) is 5.11 Å². The number of ether oxygens (including phenoxy) is 1. The van der Waals surface area contributed by atoms with Crippen LogP contribution < -0.4 is 0 Å². The largest absolute Gasteiger partial charge is 0.390 e. The first-order valence-electron chi connectivity index (χ1n) is 6.79. The minimum Gasteiger partial charge on any atom is -0.390 e. The van der Waals surface area contributed by atoms with Crippen molar-refractivity contribution in [3.8, 4) is 0 Å². The number of aliphatic hydroxyl groups is 1. The lowest BCUT2D eigenvalue weighted by Gasteiger charge is -2.33. The summed E-state index contributed by atoms with van der Waals surface area (Å²) in [5.74, 6) is 0. The van der Waals surface area contributed by atoms with Gasteiger partial charge in [0.25, 0.3) is 0 Å². The average molecular weight is 254 g/mol. The molecule has 0 aliphatic rings. The number of aromatic nitrogens is 2. The van der Waals surface area contributed by atoms with E-state index in [-0.39, 0.29) is 0 Å². The molecule has 2 unspecified atom stereocenters. The molecule has 1 N–H and O–H groups in total. The molecule has 0 aliphatic carbocycles. The van der Waals surface area contributed by atoms with Crippen LogP contribution in [0.25, 0.3) is 0 Å². The highest BCUT2D eigenvalue weighted by Crippen LogP contribution is 2.22. The lowest BCUT2D eigenvalue weighted by molar-refractivity contribution is -0.110. The topological polar surface area (TPSA) is 47.3 Å². The van der Waals surface area contributed by atoms with Gasteiger partial charge >= 0.3 is 0 Å². The number of nitrogens with zero attached hydrogens (tertiary/aromatic N) is 2. The molecule has 4 nitrogen and oxygen atoms in total. The summed E-state index contributed by atoms with van der Waals surface area (Å²) in [7, 11) is 0. The summed E-state index contributed by atoms with van der Waals surface area (Å²) in [4.78, 5) is 0. The first-order valence-corrected chi connectivity index (χ1v) is 6.79. The van der Waals surface area contributed by atoms with Crippen LogP contribution in [0.3, 0.4) is 0 Å². The van der Waals surface area contributed by atoms with Gasteiger partial charge in [-0.2, -0.15) is 5.10 Å². The Morgan fingerprint density at radius 2 is 2.11 bits per heavy atom. The third kappa shape index (κ3) is 3.56. The smallest absolute Gasteiger partial charge is 0.0913 e. The molecule has 0 aliphatic heterocycles. The van der Waals surface area contributed by atoms with Crippen molar-refractivity contribution in [1.29, 1.82) is 0 Å². The van der Waals surface area contributed by atoms with Gasteiger partial charge in [0.1, 0.15) is 0 Å². The third-order valence-corrected chi connectivity index (χ3v) is 3.48. The van der Waals surface area contributed by atoms with Gasteiger partial charge in [0.05, 0.1) is 17.4 Å². The fraction of sp³-hybridized carbons (Fsp3) is 0.786. The van der Waals surface area contributed by atoms with E-state index in [1.54, 1.807) is 0 Å². The van der Waals surface area contributed by atoms with E-state index in [0.29, 0.717) is 19.1 Å². The fourth-order valence-corrected chi connectivity index (χ4v) is 1.95. The van der Waals surface area contributed by atoms with Gasteiger partial charge in [-0.05, 0) is 40.2 Å².